The number of allylic oxidation sites excluding steroid dienone is 1. The summed E-state index contributed by atoms with van der Waals surface area (Å²) >= 11 is 12.1. The van der Waals surface area contributed by atoms with Crippen LogP contribution >= 0.6 is 23.2 Å². The summed E-state index contributed by atoms with van der Waals surface area (Å²) in [5, 5.41) is 13.3. The summed E-state index contributed by atoms with van der Waals surface area (Å²) in [7, 11) is -1.86. The highest BCUT2D eigenvalue weighted by Crippen LogP contribution is 2.46. The lowest BCUT2D eigenvalue weighted by atomic mass is 9.75. The summed E-state index contributed by atoms with van der Waals surface area (Å²) in [4.78, 5) is 15.1. The Morgan fingerprint density at radius 2 is 1.88 bits per heavy atom. The van der Waals surface area contributed by atoms with Crippen LogP contribution in [0.4, 0.5) is 4.39 Å². The summed E-state index contributed by atoms with van der Waals surface area (Å²) in [6.45, 7) is 3.35. The summed E-state index contributed by atoms with van der Waals surface area (Å²) in [5.41, 5.74) is 0.205. The number of carbonyl (C=O) groups is 1. The van der Waals surface area contributed by atoms with Crippen molar-refractivity contribution in [2.24, 2.45) is 11.3 Å². The molecule has 1 N–H and O–H groups in total. The van der Waals surface area contributed by atoms with Crippen molar-refractivity contribution >= 4 is 40.1 Å². The van der Waals surface area contributed by atoms with E-state index in [2.05, 4.69) is 4.90 Å². The number of carbonyl (C=O) groups excluding carboxylic acids is 1. The van der Waals surface area contributed by atoms with Gasteiger partial charge in [-0.25, -0.2) is 13.7 Å². The van der Waals surface area contributed by atoms with Crippen LogP contribution in [0.5, 0.6) is 5.75 Å². The Bertz CT molecular complexity index is 1060. The Kier molecular flexibility index (Phi) is 6.68. The number of alkyl halides is 1. The zero-order valence-electron chi connectivity index (χ0n) is 18.8. The Morgan fingerprint density at radius 3 is 2.47 bits per heavy atom. The molecule has 10 heteroatoms. The van der Waals surface area contributed by atoms with Gasteiger partial charge in [-0.05, 0) is 73.9 Å². The summed E-state index contributed by atoms with van der Waals surface area (Å²) in [5.74, 6) is 0.0112. The smallest absolute Gasteiger partial charge is 0.338 e. The normalized spacial score (nSPS) is 29.6. The number of quaternary nitrogens is 1. The molecule has 1 heterocycles. The van der Waals surface area contributed by atoms with Gasteiger partial charge in [0, 0.05) is 29.7 Å². The van der Waals surface area contributed by atoms with Crippen LogP contribution < -0.4 is 9.21 Å². The quantitative estimate of drug-likeness (QED) is 0.523. The molecule has 1 aromatic rings. The third-order valence-electron chi connectivity index (χ3n) is 6.90. The van der Waals surface area contributed by atoms with Crippen molar-refractivity contribution < 1.29 is 22.6 Å². The number of halogens is 3. The van der Waals surface area contributed by atoms with Gasteiger partial charge in [-0.2, -0.15) is 4.21 Å². The second-order valence-electron chi connectivity index (χ2n) is 9.90. The number of hydrogen-bond donors (Lipinski definition) is 1. The molecule has 0 bridgehead atoms. The number of hydrogen-bond acceptors (Lipinski definition) is 5. The lowest BCUT2D eigenvalue weighted by molar-refractivity contribution is -0.618. The number of nitrogens with zero attached hydrogens (tertiary/aromatic N) is 1. The standard InChI is InChI=1S/C24H27Cl2FN2O4S/c1-24(23(30)29(31)34(32)20-4-5-20)10-21(14-2-3-14)15(6-22(24)27)11-28-12-19(13-28)33-18-8-16(25)7-17(26)9-18/h6-10,14,19-20,22,29H,2-5,11-13H2,1H3. The highest BCUT2D eigenvalue weighted by Gasteiger charge is 2.51. The number of nitrogens with one attached hydrogen (secondary N) is 1. The summed E-state index contributed by atoms with van der Waals surface area (Å²) in [6.07, 6.45) is 4.80. The second-order valence-corrected chi connectivity index (χ2v) is 12.4. The van der Waals surface area contributed by atoms with Crippen LogP contribution in [0.15, 0.2) is 41.5 Å². The van der Waals surface area contributed by atoms with E-state index in [1.807, 2.05) is 0 Å². The van der Waals surface area contributed by atoms with Crippen LogP contribution in [0.1, 0.15) is 32.6 Å². The van der Waals surface area contributed by atoms with E-state index in [1.54, 1.807) is 24.3 Å². The molecule has 5 rings (SSSR count). The molecule has 184 valence electrons. The first-order chi connectivity index (χ1) is 16.1. The van der Waals surface area contributed by atoms with E-state index in [1.165, 1.54) is 13.0 Å². The highest BCUT2D eigenvalue weighted by molar-refractivity contribution is 7.79. The van der Waals surface area contributed by atoms with Crippen LogP contribution in [-0.4, -0.2) is 52.2 Å². The molecule has 4 aliphatic rings. The average Bonchev–Trinajstić information content (AvgIpc) is 3.65. The number of hydroxylamine groups is 1. The molecule has 1 saturated heterocycles. The average molecular weight is 529 g/mol. The maximum atomic E-state index is 15.4. The van der Waals surface area contributed by atoms with Gasteiger partial charge in [0.05, 0.1) is 5.25 Å². The molecule has 1 amide bonds. The zero-order valence-corrected chi connectivity index (χ0v) is 21.1. The van der Waals surface area contributed by atoms with E-state index in [9.17, 15) is 14.2 Å². The molecule has 6 nitrogen and oxygen atoms in total. The molecule has 1 aromatic carbocycles. The van der Waals surface area contributed by atoms with Crippen molar-refractivity contribution in [2.75, 3.05) is 19.6 Å². The first-order valence-electron chi connectivity index (χ1n) is 11.6. The Hall–Kier alpha value is -1.29. The first kappa shape index (κ1) is 24.4. The summed E-state index contributed by atoms with van der Waals surface area (Å²) < 4.78 is 32.7. The molecule has 3 aliphatic carbocycles. The molecule has 4 unspecified atom stereocenters. The van der Waals surface area contributed by atoms with Crippen LogP contribution in [0, 0.1) is 16.5 Å². The van der Waals surface area contributed by atoms with Gasteiger partial charge >= 0.3 is 5.91 Å². The van der Waals surface area contributed by atoms with Gasteiger partial charge < -0.3 is 9.94 Å². The third-order valence-corrected chi connectivity index (χ3v) is 8.97. The van der Waals surface area contributed by atoms with Gasteiger partial charge in [0.25, 0.3) is 0 Å². The van der Waals surface area contributed by atoms with Gasteiger partial charge in [0.15, 0.2) is 0 Å². The van der Waals surface area contributed by atoms with Crippen LogP contribution in [0.25, 0.3) is 0 Å². The number of benzene rings is 1. The van der Waals surface area contributed by atoms with Crippen molar-refractivity contribution in [2.45, 2.75) is 50.1 Å². The van der Waals surface area contributed by atoms with E-state index >= 15 is 4.39 Å². The minimum atomic E-state index is -1.86. The predicted octanol–water partition coefficient (Wildman–Crippen LogP) is 3.41. The van der Waals surface area contributed by atoms with E-state index in [4.69, 9.17) is 27.9 Å². The van der Waals surface area contributed by atoms with Gasteiger partial charge in [0.1, 0.15) is 23.4 Å². The Labute approximate surface area is 210 Å². The van der Waals surface area contributed by atoms with E-state index in [0.717, 1.165) is 24.0 Å². The molecule has 1 aliphatic heterocycles. The third kappa shape index (κ3) is 4.99. The zero-order chi connectivity index (χ0) is 24.2. The van der Waals surface area contributed by atoms with E-state index < -0.39 is 32.9 Å². The lowest BCUT2D eigenvalue weighted by Crippen LogP contribution is -3.12. The minimum Gasteiger partial charge on any atom is -0.612 e. The monoisotopic (exact) mass is 528 g/mol. The molecule has 0 radical (unpaired) electrons. The fraction of sp³-hybridized carbons (Fsp3) is 0.542. The maximum absolute atomic E-state index is 15.4. The fourth-order valence-corrected chi connectivity index (χ4v) is 6.33. The van der Waals surface area contributed by atoms with E-state index in [-0.39, 0.29) is 17.3 Å². The molecule has 4 atom stereocenters. The second kappa shape index (κ2) is 9.30. The number of likely N-dealkylation sites (tertiary alicyclic amines) is 1. The molecular formula is C24H27Cl2FN2O4S. The Balaban J connectivity index is 1.24. The van der Waals surface area contributed by atoms with Crippen molar-refractivity contribution in [3.05, 3.63) is 56.7 Å². The highest BCUT2D eigenvalue weighted by atomic mass is 35.5. The predicted molar refractivity (Wildman–Crippen MR) is 130 cm³/mol. The maximum Gasteiger partial charge on any atom is 0.338 e. The van der Waals surface area contributed by atoms with Crippen LogP contribution in [-0.2, 0) is 15.8 Å². The van der Waals surface area contributed by atoms with Gasteiger partial charge in [-0.3, -0.25) is 4.90 Å². The molecule has 3 fully saturated rings. The van der Waals surface area contributed by atoms with Crippen LogP contribution in [0.2, 0.25) is 10.0 Å². The van der Waals surface area contributed by atoms with Crippen molar-refractivity contribution in [3.8, 4) is 5.75 Å². The first-order valence-corrected chi connectivity index (χ1v) is 13.5. The van der Waals surface area contributed by atoms with Crippen molar-refractivity contribution in [1.82, 2.24) is 4.90 Å². The molecule has 34 heavy (non-hydrogen) atoms. The summed E-state index contributed by atoms with van der Waals surface area (Å²) in [6, 6.07) is 5.08. The van der Waals surface area contributed by atoms with Crippen molar-refractivity contribution in [3.63, 3.8) is 0 Å². The molecule has 2 saturated carbocycles. The topological polar surface area (TPSA) is 74.1 Å². The van der Waals surface area contributed by atoms with Crippen molar-refractivity contribution in [1.29, 1.82) is 0 Å². The minimum absolute atomic E-state index is 0.0184. The Morgan fingerprint density at radius 1 is 1.24 bits per heavy atom. The van der Waals surface area contributed by atoms with Crippen LogP contribution in [0.3, 0.4) is 0 Å². The number of amides is 1. The van der Waals surface area contributed by atoms with Gasteiger partial charge in [-0.15, -0.1) is 0 Å². The fourth-order valence-electron chi connectivity index (χ4n) is 4.55. The largest absolute Gasteiger partial charge is 0.612 e. The number of rotatable bonds is 8. The number of ether oxygens (including phenoxy) is 1. The molecular weight excluding hydrogens is 502 g/mol. The lowest BCUT2D eigenvalue weighted by Gasteiger charge is -2.41. The molecule has 0 spiro atoms. The van der Waals surface area contributed by atoms with Gasteiger partial charge in [0.2, 0.25) is 11.0 Å². The SMILES string of the molecule is CC1(C(=O)[NH+]([O-])S(=O)C2CC2)C=C(C2CC2)C(CN2CC(Oc3cc(Cl)cc(Cl)c3)C2)=CC1F. The molecule has 0 aromatic heterocycles. The van der Waals surface area contributed by atoms with Gasteiger partial charge in [-0.1, -0.05) is 29.3 Å². The van der Waals surface area contributed by atoms with E-state index in [0.29, 0.717) is 48.3 Å².